The second-order valence-corrected chi connectivity index (χ2v) is 7.72. The summed E-state index contributed by atoms with van der Waals surface area (Å²) in [6.07, 6.45) is 0.843. The van der Waals surface area contributed by atoms with Crippen molar-refractivity contribution in [1.29, 1.82) is 0 Å². The highest BCUT2D eigenvalue weighted by Gasteiger charge is 2.41. The van der Waals surface area contributed by atoms with E-state index < -0.39 is 5.92 Å². The number of hydrogen-bond acceptors (Lipinski definition) is 1. The number of amides is 1. The van der Waals surface area contributed by atoms with E-state index in [0.717, 1.165) is 21.3 Å². The lowest BCUT2D eigenvalue weighted by molar-refractivity contribution is -0.121. The minimum Gasteiger partial charge on any atom is -0.326 e. The van der Waals surface area contributed by atoms with Crippen LogP contribution >= 0.6 is 15.9 Å². The average Bonchev–Trinajstić information content (AvgIpc) is 2.38. The van der Waals surface area contributed by atoms with Gasteiger partial charge in [-0.2, -0.15) is 0 Å². The molecule has 1 aliphatic rings. The summed E-state index contributed by atoms with van der Waals surface area (Å²) in [4.78, 5) is 12.3. The Bertz CT molecular complexity index is 553. The van der Waals surface area contributed by atoms with Gasteiger partial charge in [-0.05, 0) is 55.4 Å². The van der Waals surface area contributed by atoms with E-state index >= 15 is 0 Å². The summed E-state index contributed by atoms with van der Waals surface area (Å²) in [6, 6.07) is 3.90. The molecule has 0 radical (unpaired) electrons. The summed E-state index contributed by atoms with van der Waals surface area (Å²) >= 11 is 3.43. The minimum absolute atomic E-state index is 0.0961. The lowest BCUT2D eigenvalue weighted by atomic mass is 9.72. The van der Waals surface area contributed by atoms with Crippen LogP contribution in [-0.4, -0.2) is 11.8 Å². The molecule has 0 aliphatic heterocycles. The van der Waals surface area contributed by atoms with Crippen molar-refractivity contribution in [3.63, 3.8) is 0 Å². The number of rotatable bonds is 3. The number of halogens is 3. The van der Waals surface area contributed by atoms with E-state index in [9.17, 15) is 13.6 Å². The molecule has 0 saturated heterocycles. The fraction of sp³-hybridized carbons (Fsp3) is 0.588. The highest BCUT2D eigenvalue weighted by molar-refractivity contribution is 9.10. The summed E-state index contributed by atoms with van der Waals surface area (Å²) in [6.45, 7) is 5.82. The van der Waals surface area contributed by atoms with Crippen molar-refractivity contribution in [3.05, 3.63) is 27.7 Å². The number of hydrogen-bond donors (Lipinski definition) is 1. The third-order valence-corrected chi connectivity index (χ3v) is 5.00. The Morgan fingerprint density at radius 3 is 2.18 bits per heavy atom. The topological polar surface area (TPSA) is 29.1 Å². The SMILES string of the molecule is Cc1cc(Br)cc(C)c1NC(=O)CC1(C)CCC(F)(F)CC1. The normalized spacial score (nSPS) is 19.7. The highest BCUT2D eigenvalue weighted by atomic mass is 79.9. The Morgan fingerprint density at radius 1 is 1.18 bits per heavy atom. The van der Waals surface area contributed by atoms with Crippen molar-refractivity contribution >= 4 is 27.5 Å². The third-order valence-electron chi connectivity index (χ3n) is 4.54. The van der Waals surface area contributed by atoms with Crippen molar-refractivity contribution in [1.82, 2.24) is 0 Å². The molecule has 0 atom stereocenters. The Kier molecular flexibility index (Phi) is 4.95. The number of carbonyl (C=O) groups excluding carboxylic acids is 1. The lowest BCUT2D eigenvalue weighted by Gasteiger charge is -2.36. The van der Waals surface area contributed by atoms with Crippen molar-refractivity contribution in [2.75, 3.05) is 5.32 Å². The maximum absolute atomic E-state index is 13.3. The van der Waals surface area contributed by atoms with Crippen LogP contribution in [0.3, 0.4) is 0 Å². The predicted molar refractivity (Wildman–Crippen MR) is 88.4 cm³/mol. The maximum atomic E-state index is 13.3. The predicted octanol–water partition coefficient (Wildman–Crippen LogP) is 5.61. The zero-order valence-corrected chi connectivity index (χ0v) is 14.8. The van der Waals surface area contributed by atoms with Crippen LogP contribution in [0.2, 0.25) is 0 Å². The molecule has 122 valence electrons. The zero-order chi connectivity index (χ0) is 16.5. The van der Waals surface area contributed by atoms with Crippen molar-refractivity contribution in [3.8, 4) is 0 Å². The van der Waals surface area contributed by atoms with Crippen LogP contribution in [0.25, 0.3) is 0 Å². The maximum Gasteiger partial charge on any atom is 0.248 e. The fourth-order valence-electron chi connectivity index (χ4n) is 3.08. The van der Waals surface area contributed by atoms with E-state index in [1.165, 1.54) is 0 Å². The summed E-state index contributed by atoms with van der Waals surface area (Å²) in [7, 11) is 0. The molecule has 0 heterocycles. The molecule has 0 aromatic heterocycles. The van der Waals surface area contributed by atoms with E-state index in [1.807, 2.05) is 32.9 Å². The second-order valence-electron chi connectivity index (χ2n) is 6.81. The number of benzene rings is 1. The van der Waals surface area contributed by atoms with Crippen LogP contribution in [0.4, 0.5) is 14.5 Å². The number of alkyl halides is 2. The number of carbonyl (C=O) groups is 1. The molecule has 1 aromatic carbocycles. The first-order valence-corrected chi connectivity index (χ1v) is 8.34. The Hall–Kier alpha value is -0.970. The van der Waals surface area contributed by atoms with Gasteiger partial charge in [0, 0.05) is 29.4 Å². The molecule has 1 fully saturated rings. The quantitative estimate of drug-likeness (QED) is 0.732. The molecule has 1 aliphatic carbocycles. The summed E-state index contributed by atoms with van der Waals surface area (Å²) in [5, 5.41) is 2.95. The molecule has 1 N–H and O–H groups in total. The average molecular weight is 374 g/mol. The van der Waals surface area contributed by atoms with Gasteiger partial charge in [0.05, 0.1) is 0 Å². The first-order valence-electron chi connectivity index (χ1n) is 7.55. The molecule has 0 spiro atoms. The minimum atomic E-state index is -2.56. The second kappa shape index (κ2) is 6.26. The van der Waals surface area contributed by atoms with E-state index in [1.54, 1.807) is 0 Å². The standard InChI is InChI=1S/C17H22BrF2NO/c1-11-8-13(18)9-12(2)15(11)21-14(22)10-16(3)4-6-17(19,20)7-5-16/h8-9H,4-7,10H2,1-3H3,(H,21,22). The van der Waals surface area contributed by atoms with Crippen LogP contribution in [0.5, 0.6) is 0 Å². The zero-order valence-electron chi connectivity index (χ0n) is 13.2. The van der Waals surface area contributed by atoms with Gasteiger partial charge < -0.3 is 5.32 Å². The highest BCUT2D eigenvalue weighted by Crippen LogP contribution is 2.45. The molecule has 2 rings (SSSR count). The third kappa shape index (κ3) is 4.28. The van der Waals surface area contributed by atoms with Gasteiger partial charge in [0.25, 0.3) is 0 Å². The van der Waals surface area contributed by atoms with E-state index in [2.05, 4.69) is 21.2 Å². The summed E-state index contributed by atoms with van der Waals surface area (Å²) < 4.78 is 27.5. The molecule has 5 heteroatoms. The van der Waals surface area contributed by atoms with Gasteiger partial charge in [0.2, 0.25) is 11.8 Å². The molecular formula is C17H22BrF2NO. The summed E-state index contributed by atoms with van der Waals surface area (Å²) in [5.74, 6) is -2.66. The van der Waals surface area contributed by atoms with Crippen LogP contribution in [0.15, 0.2) is 16.6 Å². The van der Waals surface area contributed by atoms with Gasteiger partial charge in [-0.1, -0.05) is 22.9 Å². The van der Waals surface area contributed by atoms with Crippen molar-refractivity contribution in [2.45, 2.75) is 58.8 Å². The number of aryl methyl sites for hydroxylation is 2. The molecule has 1 saturated carbocycles. The van der Waals surface area contributed by atoms with E-state index in [4.69, 9.17) is 0 Å². The van der Waals surface area contributed by atoms with E-state index in [-0.39, 0.29) is 30.6 Å². The van der Waals surface area contributed by atoms with Gasteiger partial charge in [-0.25, -0.2) is 8.78 Å². The monoisotopic (exact) mass is 373 g/mol. The number of anilines is 1. The molecule has 1 aromatic rings. The van der Waals surface area contributed by atoms with Gasteiger partial charge in [-0.15, -0.1) is 0 Å². The number of nitrogens with one attached hydrogen (secondary N) is 1. The van der Waals surface area contributed by atoms with Crippen LogP contribution < -0.4 is 5.32 Å². The Balaban J connectivity index is 2.02. The first kappa shape index (κ1) is 17.4. The van der Waals surface area contributed by atoms with Crippen LogP contribution in [-0.2, 0) is 4.79 Å². The molecule has 0 unspecified atom stereocenters. The molecular weight excluding hydrogens is 352 g/mol. The van der Waals surface area contributed by atoms with E-state index in [0.29, 0.717) is 12.8 Å². The lowest BCUT2D eigenvalue weighted by Crippen LogP contribution is -2.34. The van der Waals surface area contributed by atoms with Crippen LogP contribution in [0.1, 0.15) is 50.2 Å². The first-order chi connectivity index (χ1) is 10.1. The van der Waals surface area contributed by atoms with Gasteiger partial charge in [0.1, 0.15) is 0 Å². The molecule has 22 heavy (non-hydrogen) atoms. The molecule has 2 nitrogen and oxygen atoms in total. The van der Waals surface area contributed by atoms with Crippen LogP contribution in [0, 0.1) is 19.3 Å². The Morgan fingerprint density at radius 2 is 1.68 bits per heavy atom. The fourth-order valence-corrected chi connectivity index (χ4v) is 3.76. The van der Waals surface area contributed by atoms with Gasteiger partial charge in [0.15, 0.2) is 0 Å². The van der Waals surface area contributed by atoms with Gasteiger partial charge in [-0.3, -0.25) is 4.79 Å². The molecule has 0 bridgehead atoms. The van der Waals surface area contributed by atoms with Gasteiger partial charge >= 0.3 is 0 Å². The summed E-state index contributed by atoms with van der Waals surface area (Å²) in [5.41, 5.74) is 2.46. The smallest absolute Gasteiger partial charge is 0.248 e. The Labute approximate surface area is 138 Å². The van der Waals surface area contributed by atoms with Crippen molar-refractivity contribution in [2.24, 2.45) is 5.41 Å². The van der Waals surface area contributed by atoms with Crippen molar-refractivity contribution < 1.29 is 13.6 Å². The largest absolute Gasteiger partial charge is 0.326 e. The molecule has 1 amide bonds.